The number of halogens is 1. The number of rotatable bonds is 3. The maximum Gasteiger partial charge on any atom is 0.224 e. The Hall–Kier alpha value is -0.880. The van der Waals surface area contributed by atoms with Gasteiger partial charge in [0.05, 0.1) is 10.1 Å². The van der Waals surface area contributed by atoms with Crippen molar-refractivity contribution in [2.45, 2.75) is 38.3 Å². The predicted octanol–water partition coefficient (Wildman–Crippen LogP) is 2.65. The highest BCUT2D eigenvalue weighted by Crippen LogP contribution is 2.28. The Balaban J connectivity index is 2.09. The molecule has 18 heavy (non-hydrogen) atoms. The highest BCUT2D eigenvalue weighted by atomic mass is 79.9. The fourth-order valence-electron chi connectivity index (χ4n) is 2.14. The van der Waals surface area contributed by atoms with Gasteiger partial charge in [0.15, 0.2) is 0 Å². The number of ether oxygens (including phenoxy) is 1. The van der Waals surface area contributed by atoms with Crippen LogP contribution in [0.1, 0.15) is 26.7 Å². The van der Waals surface area contributed by atoms with Crippen LogP contribution in [0.2, 0.25) is 0 Å². The molecule has 1 unspecified atom stereocenters. The van der Waals surface area contributed by atoms with Gasteiger partial charge in [-0.05, 0) is 42.6 Å². The molecule has 0 amide bonds. The summed E-state index contributed by atoms with van der Waals surface area (Å²) in [7, 11) is 1.81. The topological polar surface area (TPSA) is 59.1 Å². The Morgan fingerprint density at radius 3 is 2.94 bits per heavy atom. The molecule has 2 rings (SSSR count). The highest BCUT2D eigenvalue weighted by Gasteiger charge is 2.29. The molecule has 1 aliphatic heterocycles. The fraction of sp³-hybridized carbons (Fsp3) is 0.667. The smallest absolute Gasteiger partial charge is 0.224 e. The zero-order valence-electron chi connectivity index (χ0n) is 11.0. The summed E-state index contributed by atoms with van der Waals surface area (Å²) in [6.07, 6.45) is 3.72. The van der Waals surface area contributed by atoms with Gasteiger partial charge in [-0.2, -0.15) is 4.98 Å². The van der Waals surface area contributed by atoms with Gasteiger partial charge in [-0.15, -0.1) is 0 Å². The van der Waals surface area contributed by atoms with Gasteiger partial charge in [-0.1, -0.05) is 0 Å². The number of anilines is 2. The summed E-state index contributed by atoms with van der Waals surface area (Å²) < 4.78 is 6.59. The Bertz CT molecular complexity index is 425. The first-order valence-electron chi connectivity index (χ1n) is 6.11. The summed E-state index contributed by atoms with van der Waals surface area (Å²) in [5.41, 5.74) is -0.0682. The molecule has 0 spiro atoms. The van der Waals surface area contributed by atoms with Crippen LogP contribution >= 0.6 is 15.9 Å². The lowest BCUT2D eigenvalue weighted by Crippen LogP contribution is -2.40. The van der Waals surface area contributed by atoms with E-state index in [0.717, 1.165) is 29.7 Å². The van der Waals surface area contributed by atoms with E-state index in [1.165, 1.54) is 0 Å². The lowest BCUT2D eigenvalue weighted by molar-refractivity contribution is -0.0553. The molecule has 0 aliphatic carbocycles. The molecule has 100 valence electrons. The van der Waals surface area contributed by atoms with Gasteiger partial charge in [-0.25, -0.2) is 4.98 Å². The minimum Gasteiger partial charge on any atom is -0.375 e. The largest absolute Gasteiger partial charge is 0.375 e. The third-order valence-electron chi connectivity index (χ3n) is 3.01. The number of hydrogen-bond donors (Lipinski definition) is 2. The van der Waals surface area contributed by atoms with E-state index >= 15 is 0 Å². The van der Waals surface area contributed by atoms with Crippen LogP contribution < -0.4 is 10.6 Å². The monoisotopic (exact) mass is 314 g/mol. The Morgan fingerprint density at radius 2 is 2.28 bits per heavy atom. The zero-order chi connectivity index (χ0) is 13.2. The van der Waals surface area contributed by atoms with E-state index in [9.17, 15) is 0 Å². The Kier molecular flexibility index (Phi) is 4.07. The first-order chi connectivity index (χ1) is 8.50. The van der Waals surface area contributed by atoms with E-state index in [-0.39, 0.29) is 5.60 Å². The van der Waals surface area contributed by atoms with Gasteiger partial charge in [0.25, 0.3) is 0 Å². The van der Waals surface area contributed by atoms with Crippen LogP contribution in [0.4, 0.5) is 11.8 Å². The van der Waals surface area contributed by atoms with Crippen LogP contribution in [-0.2, 0) is 4.74 Å². The molecule has 0 saturated carbocycles. The van der Waals surface area contributed by atoms with Crippen LogP contribution in [-0.4, -0.2) is 35.3 Å². The van der Waals surface area contributed by atoms with Crippen molar-refractivity contribution in [1.29, 1.82) is 0 Å². The molecule has 2 N–H and O–H groups in total. The van der Waals surface area contributed by atoms with Crippen LogP contribution in [0.25, 0.3) is 0 Å². The third-order valence-corrected chi connectivity index (χ3v) is 3.59. The highest BCUT2D eigenvalue weighted by molar-refractivity contribution is 9.10. The lowest BCUT2D eigenvalue weighted by Gasteiger charge is -2.36. The van der Waals surface area contributed by atoms with Crippen molar-refractivity contribution in [3.63, 3.8) is 0 Å². The van der Waals surface area contributed by atoms with Gasteiger partial charge in [0.2, 0.25) is 5.95 Å². The van der Waals surface area contributed by atoms with Crippen molar-refractivity contribution in [3.8, 4) is 0 Å². The summed E-state index contributed by atoms with van der Waals surface area (Å²) in [6.45, 7) is 5.02. The van der Waals surface area contributed by atoms with Crippen LogP contribution in [0.5, 0.6) is 0 Å². The van der Waals surface area contributed by atoms with Crippen molar-refractivity contribution < 1.29 is 4.74 Å². The molecule has 1 aliphatic rings. The standard InChI is InChI=1S/C12H19BrN4O/c1-12(2)6-8(4-5-18-12)16-10-9(13)7-15-11(14-3)17-10/h7-8H,4-6H2,1-3H3,(H2,14,15,16,17). The lowest BCUT2D eigenvalue weighted by atomic mass is 9.94. The van der Waals surface area contributed by atoms with Crippen molar-refractivity contribution in [2.24, 2.45) is 0 Å². The van der Waals surface area contributed by atoms with Gasteiger partial charge >= 0.3 is 0 Å². The van der Waals surface area contributed by atoms with Gasteiger partial charge in [0, 0.05) is 25.9 Å². The van der Waals surface area contributed by atoms with Crippen molar-refractivity contribution >= 4 is 27.7 Å². The van der Waals surface area contributed by atoms with E-state index in [1.807, 2.05) is 7.05 Å². The molecule has 5 nitrogen and oxygen atoms in total. The van der Waals surface area contributed by atoms with Crippen LogP contribution in [0.15, 0.2) is 10.7 Å². The van der Waals surface area contributed by atoms with E-state index in [0.29, 0.717) is 12.0 Å². The van der Waals surface area contributed by atoms with Gasteiger partial charge < -0.3 is 15.4 Å². The summed E-state index contributed by atoms with van der Waals surface area (Å²) in [6, 6.07) is 0.379. The SMILES string of the molecule is CNc1ncc(Br)c(NC2CCOC(C)(C)C2)n1. The molecular formula is C12H19BrN4O. The molecule has 0 radical (unpaired) electrons. The quantitative estimate of drug-likeness (QED) is 0.898. The van der Waals surface area contributed by atoms with Crippen LogP contribution in [0, 0.1) is 0 Å². The second-order valence-electron chi connectivity index (χ2n) is 5.08. The molecule has 1 aromatic rings. The van der Waals surface area contributed by atoms with E-state index < -0.39 is 0 Å². The number of nitrogens with zero attached hydrogens (tertiary/aromatic N) is 2. The number of nitrogens with one attached hydrogen (secondary N) is 2. The Morgan fingerprint density at radius 1 is 1.50 bits per heavy atom. The first kappa shape index (κ1) is 13.5. The molecule has 1 aromatic heterocycles. The molecule has 6 heteroatoms. The van der Waals surface area contributed by atoms with Gasteiger partial charge in [-0.3, -0.25) is 0 Å². The van der Waals surface area contributed by atoms with Crippen molar-refractivity contribution in [2.75, 3.05) is 24.3 Å². The molecular weight excluding hydrogens is 296 g/mol. The minimum atomic E-state index is -0.0682. The normalized spacial score (nSPS) is 22.6. The minimum absolute atomic E-state index is 0.0682. The van der Waals surface area contributed by atoms with E-state index in [1.54, 1.807) is 6.20 Å². The molecule has 1 atom stereocenters. The van der Waals surface area contributed by atoms with E-state index in [2.05, 4.69) is 50.4 Å². The van der Waals surface area contributed by atoms with Crippen molar-refractivity contribution in [1.82, 2.24) is 9.97 Å². The molecule has 2 heterocycles. The summed E-state index contributed by atoms with van der Waals surface area (Å²) >= 11 is 3.47. The predicted molar refractivity (Wildman–Crippen MR) is 76.0 cm³/mol. The fourth-order valence-corrected chi connectivity index (χ4v) is 2.44. The first-order valence-corrected chi connectivity index (χ1v) is 6.90. The van der Waals surface area contributed by atoms with Crippen molar-refractivity contribution in [3.05, 3.63) is 10.7 Å². The maximum atomic E-state index is 5.71. The molecule has 0 aromatic carbocycles. The van der Waals surface area contributed by atoms with Gasteiger partial charge in [0.1, 0.15) is 5.82 Å². The average Bonchev–Trinajstić information content (AvgIpc) is 2.31. The maximum absolute atomic E-state index is 5.71. The third kappa shape index (κ3) is 3.32. The average molecular weight is 315 g/mol. The van der Waals surface area contributed by atoms with Crippen LogP contribution in [0.3, 0.4) is 0 Å². The number of hydrogen-bond acceptors (Lipinski definition) is 5. The molecule has 1 saturated heterocycles. The molecule has 0 bridgehead atoms. The summed E-state index contributed by atoms with van der Waals surface area (Å²) in [5.74, 6) is 1.45. The Labute approximate surface area is 116 Å². The van der Waals surface area contributed by atoms with E-state index in [4.69, 9.17) is 4.74 Å². The second kappa shape index (κ2) is 5.40. The zero-order valence-corrected chi connectivity index (χ0v) is 12.5. The number of aromatic nitrogens is 2. The summed E-state index contributed by atoms with van der Waals surface area (Å²) in [4.78, 5) is 8.56. The second-order valence-corrected chi connectivity index (χ2v) is 5.94. The summed E-state index contributed by atoms with van der Waals surface area (Å²) in [5, 5.41) is 6.40. The molecule has 1 fully saturated rings.